The number of halogens is 2. The Hall–Kier alpha value is -2.80. The first kappa shape index (κ1) is 23.4. The monoisotopic (exact) mass is 454 g/mol. The van der Waals surface area contributed by atoms with E-state index < -0.39 is 17.2 Å². The van der Waals surface area contributed by atoms with Gasteiger partial charge in [0.2, 0.25) is 0 Å². The molecule has 0 spiro atoms. The van der Waals surface area contributed by atoms with Gasteiger partial charge in [-0.15, -0.1) is 0 Å². The lowest BCUT2D eigenvalue weighted by Gasteiger charge is -2.39. The standard InChI is InChI=1S/C26H32F2N4O/c1-4-13-26(22-8-6-5-7-18(22)2)17-24(21-16-19(27)9-10-23(21)28)30-32(26)25(33)29-20-11-14-31(3)15-12-20/h5-10,16,20H,4,11-15,17H2,1-3H3,(H,29,33). The molecular weight excluding hydrogens is 422 g/mol. The minimum atomic E-state index is -0.760. The third-order valence-corrected chi connectivity index (χ3v) is 6.87. The van der Waals surface area contributed by atoms with E-state index in [-0.39, 0.29) is 17.6 Å². The Labute approximate surface area is 194 Å². The van der Waals surface area contributed by atoms with Crippen molar-refractivity contribution in [2.75, 3.05) is 20.1 Å². The van der Waals surface area contributed by atoms with Crippen molar-refractivity contribution in [2.24, 2.45) is 5.10 Å². The summed E-state index contributed by atoms with van der Waals surface area (Å²) in [6.07, 6.45) is 3.53. The number of hydrogen-bond acceptors (Lipinski definition) is 3. The number of likely N-dealkylation sites (tertiary alicyclic amines) is 1. The third kappa shape index (κ3) is 4.64. The van der Waals surface area contributed by atoms with E-state index in [1.165, 1.54) is 11.1 Å². The van der Waals surface area contributed by atoms with E-state index in [9.17, 15) is 13.6 Å². The van der Waals surface area contributed by atoms with Gasteiger partial charge in [-0.1, -0.05) is 37.6 Å². The topological polar surface area (TPSA) is 47.9 Å². The molecule has 0 radical (unpaired) electrons. The molecule has 1 fully saturated rings. The van der Waals surface area contributed by atoms with Crippen LogP contribution in [-0.2, 0) is 5.54 Å². The van der Waals surface area contributed by atoms with Crippen molar-refractivity contribution in [3.05, 3.63) is 70.8 Å². The van der Waals surface area contributed by atoms with E-state index >= 15 is 0 Å². The summed E-state index contributed by atoms with van der Waals surface area (Å²) in [5, 5.41) is 9.33. The smallest absolute Gasteiger partial charge is 0.334 e. The average molecular weight is 455 g/mol. The number of piperidine rings is 1. The van der Waals surface area contributed by atoms with Gasteiger partial charge in [0.05, 0.1) is 11.3 Å². The first-order valence-corrected chi connectivity index (χ1v) is 11.7. The highest BCUT2D eigenvalue weighted by atomic mass is 19.1. The minimum absolute atomic E-state index is 0.0649. The van der Waals surface area contributed by atoms with Gasteiger partial charge in [-0.2, -0.15) is 5.10 Å². The van der Waals surface area contributed by atoms with Crippen LogP contribution in [0, 0.1) is 18.6 Å². The van der Waals surface area contributed by atoms with Crippen LogP contribution < -0.4 is 5.32 Å². The number of aryl methyl sites for hydroxylation is 1. The molecule has 5 nitrogen and oxygen atoms in total. The summed E-state index contributed by atoms with van der Waals surface area (Å²) < 4.78 is 28.7. The third-order valence-electron chi connectivity index (χ3n) is 6.87. The quantitative estimate of drug-likeness (QED) is 0.677. The van der Waals surface area contributed by atoms with Crippen molar-refractivity contribution in [3.63, 3.8) is 0 Å². The Morgan fingerprint density at radius 1 is 1.18 bits per heavy atom. The molecule has 0 aliphatic carbocycles. The van der Waals surface area contributed by atoms with Crippen LogP contribution in [0.25, 0.3) is 0 Å². The number of nitrogens with zero attached hydrogens (tertiary/aromatic N) is 3. The number of nitrogens with one attached hydrogen (secondary N) is 1. The molecule has 2 aromatic rings. The molecule has 2 amide bonds. The Balaban J connectivity index is 1.76. The zero-order valence-corrected chi connectivity index (χ0v) is 19.6. The molecule has 7 heteroatoms. The number of carbonyl (C=O) groups excluding carboxylic acids is 1. The summed E-state index contributed by atoms with van der Waals surface area (Å²) in [6, 6.07) is 11.1. The van der Waals surface area contributed by atoms with Crippen LogP contribution in [0.2, 0.25) is 0 Å². The summed E-state index contributed by atoms with van der Waals surface area (Å²) >= 11 is 0. The number of hydrazone groups is 1. The fourth-order valence-corrected chi connectivity index (χ4v) is 5.15. The second-order valence-electron chi connectivity index (χ2n) is 9.28. The van der Waals surface area contributed by atoms with Gasteiger partial charge in [0, 0.05) is 18.0 Å². The fraction of sp³-hybridized carbons (Fsp3) is 0.462. The van der Waals surface area contributed by atoms with Crippen LogP contribution in [0.4, 0.5) is 13.6 Å². The van der Waals surface area contributed by atoms with Crippen molar-refractivity contribution < 1.29 is 13.6 Å². The largest absolute Gasteiger partial charge is 0.338 e. The number of benzene rings is 2. The minimum Gasteiger partial charge on any atom is -0.334 e. The number of hydrogen-bond donors (Lipinski definition) is 1. The summed E-state index contributed by atoms with van der Waals surface area (Å²) in [6.45, 7) is 5.92. The lowest BCUT2D eigenvalue weighted by Crippen LogP contribution is -2.52. The number of urea groups is 1. The molecule has 33 heavy (non-hydrogen) atoms. The number of carbonyl (C=O) groups is 1. The molecule has 4 rings (SSSR count). The molecule has 2 aliphatic heterocycles. The van der Waals surface area contributed by atoms with Crippen molar-refractivity contribution in [3.8, 4) is 0 Å². The summed E-state index contributed by atoms with van der Waals surface area (Å²) in [4.78, 5) is 15.9. The Morgan fingerprint density at radius 3 is 2.61 bits per heavy atom. The van der Waals surface area contributed by atoms with E-state index in [0.717, 1.165) is 55.6 Å². The highest BCUT2D eigenvalue weighted by molar-refractivity contribution is 6.04. The number of rotatable bonds is 5. The lowest BCUT2D eigenvalue weighted by molar-refractivity contribution is 0.116. The molecule has 2 heterocycles. The normalized spacial score (nSPS) is 21.8. The van der Waals surface area contributed by atoms with E-state index in [4.69, 9.17) is 0 Å². The SMILES string of the molecule is CCCC1(c2ccccc2C)CC(c2cc(F)ccc2F)=NN1C(=O)NC1CCN(C)CC1. The summed E-state index contributed by atoms with van der Waals surface area (Å²) in [5.74, 6) is -1.07. The van der Waals surface area contributed by atoms with Crippen LogP contribution in [0.3, 0.4) is 0 Å². The second-order valence-corrected chi connectivity index (χ2v) is 9.28. The summed E-state index contributed by atoms with van der Waals surface area (Å²) in [5.41, 5.74) is 1.77. The molecule has 2 aromatic carbocycles. The van der Waals surface area contributed by atoms with Gasteiger partial charge in [0.15, 0.2) is 0 Å². The molecule has 1 saturated heterocycles. The van der Waals surface area contributed by atoms with E-state index in [1.807, 2.05) is 31.2 Å². The van der Waals surface area contributed by atoms with E-state index in [2.05, 4.69) is 29.3 Å². The maximum atomic E-state index is 14.7. The first-order valence-electron chi connectivity index (χ1n) is 11.7. The molecule has 0 aromatic heterocycles. The molecule has 176 valence electrons. The Morgan fingerprint density at radius 2 is 1.91 bits per heavy atom. The van der Waals surface area contributed by atoms with Crippen molar-refractivity contribution in [1.82, 2.24) is 15.2 Å². The van der Waals surface area contributed by atoms with Gasteiger partial charge in [0.25, 0.3) is 0 Å². The van der Waals surface area contributed by atoms with Crippen molar-refractivity contribution >= 4 is 11.7 Å². The zero-order valence-electron chi connectivity index (χ0n) is 19.6. The zero-order chi connectivity index (χ0) is 23.6. The highest BCUT2D eigenvalue weighted by Gasteiger charge is 2.48. The van der Waals surface area contributed by atoms with Gasteiger partial charge in [0.1, 0.15) is 11.6 Å². The predicted molar refractivity (Wildman–Crippen MR) is 126 cm³/mol. The molecule has 1 atom stereocenters. The predicted octanol–water partition coefficient (Wildman–Crippen LogP) is 5.18. The first-order chi connectivity index (χ1) is 15.8. The van der Waals surface area contributed by atoms with Gasteiger partial charge in [-0.25, -0.2) is 18.6 Å². The molecule has 1 unspecified atom stereocenters. The molecule has 1 N–H and O–H groups in total. The van der Waals surface area contributed by atoms with Gasteiger partial charge in [-0.05, 0) is 75.6 Å². The molecule has 2 aliphatic rings. The maximum absolute atomic E-state index is 14.7. The van der Waals surface area contributed by atoms with Crippen molar-refractivity contribution in [1.29, 1.82) is 0 Å². The van der Waals surface area contributed by atoms with Crippen molar-refractivity contribution in [2.45, 2.75) is 57.5 Å². The van der Waals surface area contributed by atoms with Crippen LogP contribution in [-0.4, -0.2) is 47.8 Å². The van der Waals surface area contributed by atoms with Gasteiger partial charge < -0.3 is 10.2 Å². The van der Waals surface area contributed by atoms with Crippen LogP contribution in [0.1, 0.15) is 55.7 Å². The van der Waals surface area contributed by atoms with Crippen LogP contribution in [0.15, 0.2) is 47.6 Å². The van der Waals surface area contributed by atoms with E-state index in [0.29, 0.717) is 18.6 Å². The van der Waals surface area contributed by atoms with Crippen LogP contribution in [0.5, 0.6) is 0 Å². The van der Waals surface area contributed by atoms with Gasteiger partial charge >= 0.3 is 6.03 Å². The fourth-order valence-electron chi connectivity index (χ4n) is 5.15. The Bertz CT molecular complexity index is 1050. The molecular formula is C26H32F2N4O. The number of amides is 2. The molecule has 0 bridgehead atoms. The van der Waals surface area contributed by atoms with Crippen LogP contribution >= 0.6 is 0 Å². The highest BCUT2D eigenvalue weighted by Crippen LogP contribution is 2.44. The second kappa shape index (κ2) is 9.59. The molecule has 0 saturated carbocycles. The lowest BCUT2D eigenvalue weighted by atomic mass is 9.78. The summed E-state index contributed by atoms with van der Waals surface area (Å²) in [7, 11) is 2.08. The maximum Gasteiger partial charge on any atom is 0.338 e. The van der Waals surface area contributed by atoms with E-state index in [1.54, 1.807) is 0 Å². The Kier molecular flexibility index (Phi) is 6.79. The average Bonchev–Trinajstić information content (AvgIpc) is 3.18. The van der Waals surface area contributed by atoms with Gasteiger partial charge in [-0.3, -0.25) is 0 Å².